The van der Waals surface area contributed by atoms with E-state index in [4.69, 9.17) is 21.1 Å². The van der Waals surface area contributed by atoms with Crippen LogP contribution in [0.1, 0.15) is 24.5 Å². The van der Waals surface area contributed by atoms with Gasteiger partial charge in [0.05, 0.1) is 11.5 Å². The molecule has 142 valence electrons. The molecule has 0 saturated carbocycles. The van der Waals surface area contributed by atoms with E-state index in [2.05, 4.69) is 10.5 Å². The molecular formula is C20H21ClN2O3S. The Kier molecular flexibility index (Phi) is 7.01. The van der Waals surface area contributed by atoms with Crippen molar-refractivity contribution < 1.29 is 14.3 Å². The topological polar surface area (TPSA) is 59.9 Å². The van der Waals surface area contributed by atoms with Gasteiger partial charge in [0.1, 0.15) is 13.2 Å². The van der Waals surface area contributed by atoms with Crippen LogP contribution >= 0.6 is 23.4 Å². The van der Waals surface area contributed by atoms with Crippen LogP contribution in [0.25, 0.3) is 0 Å². The van der Waals surface area contributed by atoms with Gasteiger partial charge in [0.2, 0.25) is 5.91 Å². The summed E-state index contributed by atoms with van der Waals surface area (Å²) in [6, 6.07) is 13.3. The molecule has 1 amide bonds. The zero-order chi connectivity index (χ0) is 19.1. The fourth-order valence-corrected chi connectivity index (χ4v) is 3.48. The van der Waals surface area contributed by atoms with Gasteiger partial charge in [-0.1, -0.05) is 30.7 Å². The lowest BCUT2D eigenvalue weighted by Gasteiger charge is -2.19. The van der Waals surface area contributed by atoms with Crippen LogP contribution in [-0.2, 0) is 10.5 Å². The number of rotatable bonds is 7. The van der Waals surface area contributed by atoms with Crippen molar-refractivity contribution in [3.05, 3.63) is 58.6 Å². The van der Waals surface area contributed by atoms with Crippen LogP contribution in [0.2, 0.25) is 5.02 Å². The molecule has 0 atom stereocenters. The summed E-state index contributed by atoms with van der Waals surface area (Å²) in [5.41, 5.74) is 5.48. The highest BCUT2D eigenvalue weighted by Crippen LogP contribution is 2.31. The zero-order valence-corrected chi connectivity index (χ0v) is 16.6. The van der Waals surface area contributed by atoms with Crippen LogP contribution in [0.5, 0.6) is 11.5 Å². The number of nitrogens with zero attached hydrogens (tertiary/aromatic N) is 1. The Morgan fingerprint density at radius 2 is 1.89 bits per heavy atom. The summed E-state index contributed by atoms with van der Waals surface area (Å²) in [6.45, 7) is 3.10. The molecule has 0 fully saturated rings. The first-order valence-electron chi connectivity index (χ1n) is 8.73. The van der Waals surface area contributed by atoms with Gasteiger partial charge in [-0.05, 0) is 42.3 Å². The molecule has 7 heteroatoms. The summed E-state index contributed by atoms with van der Waals surface area (Å²) >= 11 is 7.40. The Morgan fingerprint density at radius 3 is 2.63 bits per heavy atom. The Hall–Kier alpha value is -2.18. The molecule has 2 aromatic carbocycles. The van der Waals surface area contributed by atoms with Crippen molar-refractivity contribution in [2.75, 3.05) is 19.0 Å². The van der Waals surface area contributed by atoms with E-state index < -0.39 is 0 Å². The lowest BCUT2D eigenvalue weighted by molar-refractivity contribution is -0.118. The SMILES string of the molecule is CCC(=NNC(=O)CSCc1ccc(Cl)cc1)c1ccc2c(c1)OCCO2. The lowest BCUT2D eigenvalue weighted by atomic mass is 10.1. The molecule has 1 aliphatic heterocycles. The van der Waals surface area contributed by atoms with Crippen LogP contribution in [0.3, 0.4) is 0 Å². The monoisotopic (exact) mass is 404 g/mol. The fraction of sp³-hybridized carbons (Fsp3) is 0.300. The number of carbonyl (C=O) groups excluding carboxylic acids is 1. The van der Waals surface area contributed by atoms with Gasteiger partial charge in [0, 0.05) is 16.3 Å². The van der Waals surface area contributed by atoms with E-state index in [-0.39, 0.29) is 5.91 Å². The smallest absolute Gasteiger partial charge is 0.250 e. The third kappa shape index (κ3) is 5.65. The highest BCUT2D eigenvalue weighted by molar-refractivity contribution is 7.99. The minimum absolute atomic E-state index is 0.127. The number of hydrogen-bond donors (Lipinski definition) is 1. The van der Waals surface area contributed by atoms with Crippen molar-refractivity contribution in [3.63, 3.8) is 0 Å². The summed E-state index contributed by atoms with van der Waals surface area (Å²) in [4.78, 5) is 12.1. The van der Waals surface area contributed by atoms with E-state index in [1.54, 1.807) is 0 Å². The molecule has 1 heterocycles. The maximum atomic E-state index is 12.1. The third-order valence-corrected chi connectivity index (χ3v) is 5.20. The van der Waals surface area contributed by atoms with Crippen molar-refractivity contribution in [1.29, 1.82) is 0 Å². The van der Waals surface area contributed by atoms with Gasteiger partial charge < -0.3 is 9.47 Å². The van der Waals surface area contributed by atoms with Gasteiger partial charge in [-0.3, -0.25) is 4.79 Å². The molecule has 27 heavy (non-hydrogen) atoms. The van der Waals surface area contributed by atoms with Crippen molar-refractivity contribution in [1.82, 2.24) is 5.43 Å². The van der Waals surface area contributed by atoms with Crippen LogP contribution < -0.4 is 14.9 Å². The maximum absolute atomic E-state index is 12.1. The molecule has 0 bridgehead atoms. The van der Waals surface area contributed by atoms with Gasteiger partial charge in [0.25, 0.3) is 0 Å². The Labute approximate surface area is 168 Å². The highest BCUT2D eigenvalue weighted by atomic mass is 35.5. The standard InChI is InChI=1S/C20H21ClN2O3S/c1-2-17(15-5-8-18-19(11-15)26-10-9-25-18)22-23-20(24)13-27-12-14-3-6-16(21)7-4-14/h3-8,11H,2,9-10,12-13H2,1H3,(H,23,24). The van der Waals surface area contributed by atoms with Crippen molar-refractivity contribution in [2.45, 2.75) is 19.1 Å². The number of fused-ring (bicyclic) bond motifs is 1. The number of hydrogen-bond acceptors (Lipinski definition) is 5. The predicted molar refractivity (Wildman–Crippen MR) is 110 cm³/mol. The molecule has 1 N–H and O–H groups in total. The molecule has 0 saturated heterocycles. The van der Waals surface area contributed by atoms with E-state index in [0.29, 0.717) is 36.2 Å². The summed E-state index contributed by atoms with van der Waals surface area (Å²) in [6.07, 6.45) is 0.692. The molecule has 0 aromatic heterocycles. The summed E-state index contributed by atoms with van der Waals surface area (Å²) in [5, 5.41) is 5.00. The molecule has 1 aliphatic rings. The number of nitrogens with one attached hydrogen (secondary N) is 1. The highest BCUT2D eigenvalue weighted by Gasteiger charge is 2.13. The van der Waals surface area contributed by atoms with Crippen molar-refractivity contribution in [3.8, 4) is 11.5 Å². The van der Waals surface area contributed by atoms with Gasteiger partial charge in [-0.2, -0.15) is 5.10 Å². The quantitative estimate of drug-likeness (QED) is 0.552. The number of halogens is 1. The van der Waals surface area contributed by atoms with Crippen molar-refractivity contribution in [2.24, 2.45) is 5.10 Å². The first-order valence-corrected chi connectivity index (χ1v) is 10.3. The maximum Gasteiger partial charge on any atom is 0.250 e. The minimum Gasteiger partial charge on any atom is -0.486 e. The molecule has 0 unspecified atom stereocenters. The first-order chi connectivity index (χ1) is 13.2. The average Bonchev–Trinajstić information content (AvgIpc) is 2.70. The van der Waals surface area contributed by atoms with E-state index >= 15 is 0 Å². The molecule has 0 radical (unpaired) electrons. The molecule has 5 nitrogen and oxygen atoms in total. The normalized spacial score (nSPS) is 13.3. The van der Waals surface area contributed by atoms with Gasteiger partial charge in [-0.25, -0.2) is 5.43 Å². The van der Waals surface area contributed by atoms with Gasteiger partial charge >= 0.3 is 0 Å². The third-order valence-electron chi connectivity index (χ3n) is 3.94. The number of amides is 1. The van der Waals surface area contributed by atoms with Crippen LogP contribution in [0.4, 0.5) is 0 Å². The van der Waals surface area contributed by atoms with Crippen LogP contribution in [0.15, 0.2) is 47.6 Å². The van der Waals surface area contributed by atoms with Gasteiger partial charge in [-0.15, -0.1) is 11.8 Å². The molecular weight excluding hydrogens is 384 g/mol. The fourth-order valence-electron chi connectivity index (χ4n) is 2.57. The van der Waals surface area contributed by atoms with E-state index in [1.165, 1.54) is 11.8 Å². The number of hydrazone groups is 1. The zero-order valence-electron chi connectivity index (χ0n) is 15.0. The molecule has 0 spiro atoms. The molecule has 3 rings (SSSR count). The van der Waals surface area contributed by atoms with E-state index in [0.717, 1.165) is 28.3 Å². The minimum atomic E-state index is -0.127. The average molecular weight is 405 g/mol. The Morgan fingerprint density at radius 1 is 1.15 bits per heavy atom. The number of carbonyl (C=O) groups is 1. The molecule has 0 aliphatic carbocycles. The van der Waals surface area contributed by atoms with Gasteiger partial charge in [0.15, 0.2) is 11.5 Å². The molecule has 2 aromatic rings. The van der Waals surface area contributed by atoms with Crippen molar-refractivity contribution >= 4 is 35.0 Å². The Bertz CT molecular complexity index is 824. The summed E-state index contributed by atoms with van der Waals surface area (Å²) in [5.74, 6) is 2.41. The van der Waals surface area contributed by atoms with E-state index in [1.807, 2.05) is 49.4 Å². The summed E-state index contributed by atoms with van der Waals surface area (Å²) in [7, 11) is 0. The second-order valence-electron chi connectivity index (χ2n) is 5.92. The largest absolute Gasteiger partial charge is 0.486 e. The lowest BCUT2D eigenvalue weighted by Crippen LogP contribution is -2.22. The number of benzene rings is 2. The van der Waals surface area contributed by atoms with Crippen LogP contribution in [-0.4, -0.2) is 30.6 Å². The second kappa shape index (κ2) is 9.67. The number of ether oxygens (including phenoxy) is 2. The second-order valence-corrected chi connectivity index (χ2v) is 7.35. The Balaban J connectivity index is 1.53. The summed E-state index contributed by atoms with van der Waals surface area (Å²) < 4.78 is 11.1. The predicted octanol–water partition coefficient (Wildman–Crippen LogP) is 4.27. The number of thioether (sulfide) groups is 1. The van der Waals surface area contributed by atoms with Crippen LogP contribution in [0, 0.1) is 0 Å². The first kappa shape index (κ1) is 19.6. The van der Waals surface area contributed by atoms with E-state index in [9.17, 15) is 4.79 Å².